The first-order chi connectivity index (χ1) is 9.61. The molecule has 3 nitrogen and oxygen atoms in total. The van der Waals surface area contributed by atoms with E-state index in [2.05, 4.69) is 4.98 Å². The first-order valence-corrected chi connectivity index (χ1v) is 6.94. The molecule has 3 rings (SSSR count). The van der Waals surface area contributed by atoms with Crippen molar-refractivity contribution in [3.05, 3.63) is 69.9 Å². The quantitative estimate of drug-likeness (QED) is 0.678. The third-order valence-corrected chi connectivity index (χ3v) is 3.79. The lowest BCUT2D eigenvalue weighted by Gasteiger charge is -2.04. The number of fused-ring (bicyclic) bond motifs is 1. The summed E-state index contributed by atoms with van der Waals surface area (Å²) < 4.78 is 14.2. The Labute approximate surface area is 123 Å². The SMILES string of the molecule is O=c1cc(Sc2ccc(F)cc2)nc2ccc(Cl)cn12. The Morgan fingerprint density at radius 2 is 1.90 bits per heavy atom. The van der Waals surface area contributed by atoms with Crippen molar-refractivity contribution in [1.29, 1.82) is 0 Å². The maximum absolute atomic E-state index is 12.8. The number of benzene rings is 1. The fraction of sp³-hybridized carbons (Fsp3) is 0. The Kier molecular flexibility index (Phi) is 3.46. The van der Waals surface area contributed by atoms with Crippen molar-refractivity contribution in [1.82, 2.24) is 9.38 Å². The van der Waals surface area contributed by atoms with Crippen molar-refractivity contribution in [2.45, 2.75) is 9.92 Å². The minimum absolute atomic E-state index is 0.206. The van der Waals surface area contributed by atoms with Gasteiger partial charge in [-0.1, -0.05) is 23.4 Å². The first kappa shape index (κ1) is 13.1. The van der Waals surface area contributed by atoms with E-state index >= 15 is 0 Å². The highest BCUT2D eigenvalue weighted by Gasteiger charge is 2.05. The lowest BCUT2D eigenvalue weighted by Crippen LogP contribution is -2.13. The van der Waals surface area contributed by atoms with E-state index in [0.29, 0.717) is 15.7 Å². The summed E-state index contributed by atoms with van der Waals surface area (Å²) in [7, 11) is 0. The predicted octanol–water partition coefficient (Wildman–Crippen LogP) is 3.64. The second-order valence-electron chi connectivity index (χ2n) is 4.06. The molecule has 6 heteroatoms. The van der Waals surface area contributed by atoms with E-state index in [1.807, 2.05) is 0 Å². The normalized spacial score (nSPS) is 10.9. The molecule has 0 aliphatic heterocycles. The predicted molar refractivity (Wildman–Crippen MR) is 77.0 cm³/mol. The van der Waals surface area contributed by atoms with E-state index in [-0.39, 0.29) is 11.4 Å². The lowest BCUT2D eigenvalue weighted by atomic mass is 10.4. The lowest BCUT2D eigenvalue weighted by molar-refractivity contribution is 0.626. The van der Waals surface area contributed by atoms with Gasteiger partial charge in [0.1, 0.15) is 16.5 Å². The molecule has 20 heavy (non-hydrogen) atoms. The van der Waals surface area contributed by atoms with Gasteiger partial charge >= 0.3 is 0 Å². The Hall–Kier alpha value is -1.85. The summed E-state index contributed by atoms with van der Waals surface area (Å²) in [5, 5.41) is 1.03. The van der Waals surface area contributed by atoms with Crippen molar-refractivity contribution in [3.8, 4) is 0 Å². The van der Waals surface area contributed by atoms with Crippen LogP contribution in [-0.2, 0) is 0 Å². The maximum Gasteiger partial charge on any atom is 0.259 e. The molecule has 0 atom stereocenters. The van der Waals surface area contributed by atoms with Crippen LogP contribution >= 0.6 is 23.4 Å². The van der Waals surface area contributed by atoms with Crippen molar-refractivity contribution in [2.75, 3.05) is 0 Å². The van der Waals surface area contributed by atoms with Crippen LogP contribution in [-0.4, -0.2) is 9.38 Å². The highest BCUT2D eigenvalue weighted by Crippen LogP contribution is 2.25. The van der Waals surface area contributed by atoms with Crippen LogP contribution in [0.5, 0.6) is 0 Å². The Bertz CT molecular complexity index is 833. The van der Waals surface area contributed by atoms with Crippen LogP contribution in [0.4, 0.5) is 4.39 Å². The smallest absolute Gasteiger partial charge is 0.259 e. The molecule has 0 amide bonds. The third-order valence-electron chi connectivity index (χ3n) is 2.64. The topological polar surface area (TPSA) is 34.4 Å². The molecule has 0 bridgehead atoms. The van der Waals surface area contributed by atoms with E-state index < -0.39 is 0 Å². The van der Waals surface area contributed by atoms with Crippen LogP contribution in [0.3, 0.4) is 0 Å². The molecule has 2 heterocycles. The molecule has 0 radical (unpaired) electrons. The van der Waals surface area contributed by atoms with Crippen LogP contribution in [0.25, 0.3) is 5.65 Å². The third kappa shape index (κ3) is 2.69. The molecule has 0 fully saturated rings. The first-order valence-electron chi connectivity index (χ1n) is 5.74. The van der Waals surface area contributed by atoms with E-state index in [1.165, 1.54) is 40.6 Å². The maximum atomic E-state index is 12.8. The van der Waals surface area contributed by atoms with Crippen LogP contribution in [0, 0.1) is 5.82 Å². The second-order valence-corrected chi connectivity index (χ2v) is 5.59. The molecule has 0 saturated heterocycles. The average Bonchev–Trinajstić information content (AvgIpc) is 2.42. The highest BCUT2D eigenvalue weighted by molar-refractivity contribution is 7.99. The number of aromatic nitrogens is 2. The monoisotopic (exact) mass is 306 g/mol. The van der Waals surface area contributed by atoms with Crippen molar-refractivity contribution >= 4 is 29.0 Å². The van der Waals surface area contributed by atoms with Gasteiger partial charge in [0.15, 0.2) is 0 Å². The van der Waals surface area contributed by atoms with Gasteiger partial charge in [0.2, 0.25) is 0 Å². The molecule has 0 unspecified atom stereocenters. The summed E-state index contributed by atoms with van der Waals surface area (Å²) in [6, 6.07) is 10.8. The molecular weight excluding hydrogens is 299 g/mol. The number of hydrogen-bond donors (Lipinski definition) is 0. The average molecular weight is 307 g/mol. The Morgan fingerprint density at radius 1 is 1.15 bits per heavy atom. The van der Waals surface area contributed by atoms with Gasteiger partial charge in [0.25, 0.3) is 5.56 Å². The molecule has 0 N–H and O–H groups in total. The summed E-state index contributed by atoms with van der Waals surface area (Å²) >= 11 is 7.15. The zero-order chi connectivity index (χ0) is 14.1. The fourth-order valence-corrected chi connectivity index (χ4v) is 2.70. The molecule has 0 aliphatic carbocycles. The molecule has 2 aromatic heterocycles. The molecular formula is C14H8ClFN2OS. The Morgan fingerprint density at radius 3 is 2.65 bits per heavy atom. The van der Waals surface area contributed by atoms with Crippen LogP contribution in [0.15, 0.2) is 63.4 Å². The fourth-order valence-electron chi connectivity index (χ4n) is 1.73. The van der Waals surface area contributed by atoms with E-state index in [4.69, 9.17) is 11.6 Å². The number of nitrogens with zero attached hydrogens (tertiary/aromatic N) is 2. The van der Waals surface area contributed by atoms with Gasteiger partial charge in [-0.05, 0) is 36.4 Å². The molecule has 1 aromatic carbocycles. The summed E-state index contributed by atoms with van der Waals surface area (Å²) in [5.74, 6) is -0.296. The molecule has 0 spiro atoms. The van der Waals surface area contributed by atoms with Gasteiger partial charge in [-0.2, -0.15) is 0 Å². The number of hydrogen-bond acceptors (Lipinski definition) is 3. The van der Waals surface area contributed by atoms with Crippen molar-refractivity contribution in [2.24, 2.45) is 0 Å². The van der Waals surface area contributed by atoms with Crippen LogP contribution in [0.2, 0.25) is 5.02 Å². The van der Waals surface area contributed by atoms with E-state index in [0.717, 1.165) is 4.90 Å². The van der Waals surface area contributed by atoms with E-state index in [1.54, 1.807) is 24.3 Å². The number of pyridine rings is 1. The van der Waals surface area contributed by atoms with Gasteiger partial charge in [-0.3, -0.25) is 9.20 Å². The molecule has 100 valence electrons. The largest absolute Gasteiger partial charge is 0.269 e. The van der Waals surface area contributed by atoms with E-state index in [9.17, 15) is 9.18 Å². The number of rotatable bonds is 2. The second kappa shape index (κ2) is 5.26. The summed E-state index contributed by atoms with van der Waals surface area (Å²) in [5.41, 5.74) is 0.314. The molecule has 0 aliphatic rings. The zero-order valence-electron chi connectivity index (χ0n) is 10.1. The standard InChI is InChI=1S/C14H8ClFN2OS/c15-9-1-6-12-17-13(7-14(19)18(12)8-9)20-11-4-2-10(16)3-5-11/h1-8H. The molecule has 3 aromatic rings. The van der Waals surface area contributed by atoms with Gasteiger partial charge in [0, 0.05) is 17.2 Å². The minimum Gasteiger partial charge on any atom is -0.269 e. The van der Waals surface area contributed by atoms with Gasteiger partial charge in [-0.25, -0.2) is 9.37 Å². The highest BCUT2D eigenvalue weighted by atomic mass is 35.5. The van der Waals surface area contributed by atoms with Gasteiger partial charge in [0.05, 0.1) is 5.02 Å². The van der Waals surface area contributed by atoms with Crippen LogP contribution in [0.1, 0.15) is 0 Å². The van der Waals surface area contributed by atoms with Crippen LogP contribution < -0.4 is 5.56 Å². The van der Waals surface area contributed by atoms with Gasteiger partial charge in [-0.15, -0.1) is 0 Å². The van der Waals surface area contributed by atoms with Crippen molar-refractivity contribution < 1.29 is 4.39 Å². The summed E-state index contributed by atoms with van der Waals surface area (Å²) in [6.07, 6.45) is 1.53. The molecule has 0 saturated carbocycles. The van der Waals surface area contributed by atoms with Gasteiger partial charge < -0.3 is 0 Å². The van der Waals surface area contributed by atoms with Crippen molar-refractivity contribution in [3.63, 3.8) is 0 Å². The minimum atomic E-state index is -0.296. The Balaban J connectivity index is 2.02. The summed E-state index contributed by atoms with van der Waals surface area (Å²) in [4.78, 5) is 17.2. The number of halogens is 2. The summed E-state index contributed by atoms with van der Waals surface area (Å²) in [6.45, 7) is 0. The zero-order valence-corrected chi connectivity index (χ0v) is 11.7.